The van der Waals surface area contributed by atoms with Crippen LogP contribution in [0.5, 0.6) is 0 Å². The highest BCUT2D eigenvalue weighted by Gasteiger charge is 2.39. The minimum absolute atomic E-state index is 0.183. The lowest BCUT2D eigenvalue weighted by molar-refractivity contribution is -0.169. The molecule has 1 aliphatic rings. The van der Waals surface area contributed by atoms with Crippen molar-refractivity contribution in [2.24, 2.45) is 5.41 Å². The quantitative estimate of drug-likeness (QED) is 0.685. The summed E-state index contributed by atoms with van der Waals surface area (Å²) in [6.45, 7) is 4.72. The predicted molar refractivity (Wildman–Crippen MR) is 82.4 cm³/mol. The highest BCUT2D eigenvalue weighted by Crippen LogP contribution is 2.32. The van der Waals surface area contributed by atoms with Gasteiger partial charge in [-0.25, -0.2) is 4.79 Å². The van der Waals surface area contributed by atoms with Crippen molar-refractivity contribution in [2.75, 3.05) is 13.6 Å². The molecule has 1 fully saturated rings. The summed E-state index contributed by atoms with van der Waals surface area (Å²) in [5.74, 6) is -0.386. The molecule has 4 nitrogen and oxygen atoms in total. The van der Waals surface area contributed by atoms with Crippen molar-refractivity contribution in [3.8, 4) is 0 Å². The van der Waals surface area contributed by atoms with Crippen LogP contribution >= 0.6 is 0 Å². The number of likely N-dealkylation sites (tertiary alicyclic amines) is 1. The minimum atomic E-state index is -0.468. The fraction of sp³-hybridized carbons (Fsp3) is 0.471. The first-order valence-corrected chi connectivity index (χ1v) is 7.20. The monoisotopic (exact) mass is 289 g/mol. The first kappa shape index (κ1) is 15.7. The largest absolute Gasteiger partial charge is 0.443 e. The molecule has 1 N–H and O–H groups in total. The standard InChI is InChI=1S/C17H23NO3/c1-17(2)12-18(3)15(11-14(17)19)21-16(20)10-9-13-7-5-4-6-8-13/h4-10,14-15,19H,11-12H2,1-3H3/b10-9+. The number of hydrogen-bond donors (Lipinski definition) is 1. The van der Waals surface area contributed by atoms with E-state index in [1.165, 1.54) is 6.08 Å². The molecule has 1 heterocycles. The number of aliphatic hydroxyl groups is 1. The second-order valence-corrected chi connectivity index (χ2v) is 6.29. The molecule has 2 atom stereocenters. The zero-order valence-corrected chi connectivity index (χ0v) is 12.8. The first-order chi connectivity index (χ1) is 9.88. The molecule has 1 aromatic carbocycles. The maximum atomic E-state index is 11.9. The second-order valence-electron chi connectivity index (χ2n) is 6.29. The molecule has 2 unspecified atom stereocenters. The summed E-state index contributed by atoms with van der Waals surface area (Å²) in [6, 6.07) is 9.60. The third-order valence-electron chi connectivity index (χ3n) is 3.94. The van der Waals surface area contributed by atoms with Gasteiger partial charge in [0.05, 0.1) is 6.10 Å². The van der Waals surface area contributed by atoms with Crippen LogP contribution in [0.1, 0.15) is 25.8 Å². The summed E-state index contributed by atoms with van der Waals surface area (Å²) in [5, 5.41) is 10.1. The van der Waals surface area contributed by atoms with Crippen LogP contribution in [0.3, 0.4) is 0 Å². The zero-order valence-electron chi connectivity index (χ0n) is 12.8. The van der Waals surface area contributed by atoms with E-state index in [9.17, 15) is 9.90 Å². The third-order valence-corrected chi connectivity index (χ3v) is 3.94. The van der Waals surface area contributed by atoms with E-state index in [0.29, 0.717) is 13.0 Å². The van der Waals surface area contributed by atoms with E-state index in [2.05, 4.69) is 0 Å². The average Bonchev–Trinajstić information content (AvgIpc) is 2.43. The van der Waals surface area contributed by atoms with E-state index in [-0.39, 0.29) is 17.6 Å². The Morgan fingerprint density at radius 2 is 2.05 bits per heavy atom. The Labute approximate surface area is 126 Å². The molecule has 114 valence electrons. The minimum Gasteiger partial charge on any atom is -0.443 e. The molecule has 0 aromatic heterocycles. The number of aliphatic hydroxyl groups excluding tert-OH is 1. The van der Waals surface area contributed by atoms with E-state index in [0.717, 1.165) is 5.56 Å². The number of benzene rings is 1. The van der Waals surface area contributed by atoms with E-state index in [1.54, 1.807) is 6.08 Å². The number of ether oxygens (including phenoxy) is 1. The maximum Gasteiger partial charge on any atom is 0.332 e. The summed E-state index contributed by atoms with van der Waals surface area (Å²) >= 11 is 0. The molecule has 0 spiro atoms. The van der Waals surface area contributed by atoms with Crippen LogP contribution in [0, 0.1) is 5.41 Å². The predicted octanol–water partition coefficient (Wildman–Crippen LogP) is 2.29. The smallest absolute Gasteiger partial charge is 0.332 e. The summed E-state index contributed by atoms with van der Waals surface area (Å²) in [4.78, 5) is 13.9. The van der Waals surface area contributed by atoms with E-state index in [1.807, 2.05) is 56.1 Å². The number of esters is 1. The van der Waals surface area contributed by atoms with Gasteiger partial charge in [0, 0.05) is 24.5 Å². The van der Waals surface area contributed by atoms with Crippen LogP contribution in [0.4, 0.5) is 0 Å². The van der Waals surface area contributed by atoms with Gasteiger partial charge in [0.15, 0.2) is 6.23 Å². The van der Waals surface area contributed by atoms with Crippen LogP contribution in [0.2, 0.25) is 0 Å². The first-order valence-electron chi connectivity index (χ1n) is 7.20. The molecule has 2 rings (SSSR count). The van der Waals surface area contributed by atoms with Crippen LogP contribution in [-0.4, -0.2) is 41.9 Å². The summed E-state index contributed by atoms with van der Waals surface area (Å²) < 4.78 is 5.43. The molecule has 1 aliphatic heterocycles. The van der Waals surface area contributed by atoms with Crippen molar-refractivity contribution in [1.29, 1.82) is 0 Å². The normalized spacial score (nSPS) is 25.9. The van der Waals surface area contributed by atoms with Crippen molar-refractivity contribution < 1.29 is 14.6 Å². The van der Waals surface area contributed by atoms with Crippen molar-refractivity contribution in [2.45, 2.75) is 32.6 Å². The highest BCUT2D eigenvalue weighted by molar-refractivity contribution is 5.87. The van der Waals surface area contributed by atoms with E-state index in [4.69, 9.17) is 4.74 Å². The van der Waals surface area contributed by atoms with E-state index >= 15 is 0 Å². The van der Waals surface area contributed by atoms with Gasteiger partial charge in [-0.1, -0.05) is 44.2 Å². The van der Waals surface area contributed by atoms with Gasteiger partial charge in [-0.15, -0.1) is 0 Å². The molecule has 1 aromatic rings. The van der Waals surface area contributed by atoms with Crippen LogP contribution in [0.15, 0.2) is 36.4 Å². The topological polar surface area (TPSA) is 49.8 Å². The van der Waals surface area contributed by atoms with Gasteiger partial charge in [0.25, 0.3) is 0 Å². The van der Waals surface area contributed by atoms with Gasteiger partial charge in [0.2, 0.25) is 0 Å². The van der Waals surface area contributed by atoms with Gasteiger partial charge in [0.1, 0.15) is 0 Å². The fourth-order valence-corrected chi connectivity index (χ4v) is 2.58. The molecule has 0 aliphatic carbocycles. The number of rotatable bonds is 3. The SMILES string of the molecule is CN1CC(C)(C)C(O)CC1OC(=O)/C=C/c1ccccc1. The van der Waals surface area contributed by atoms with Crippen LogP contribution in [-0.2, 0) is 9.53 Å². The number of carbonyl (C=O) groups is 1. The molecule has 4 heteroatoms. The Morgan fingerprint density at radius 1 is 1.38 bits per heavy atom. The summed E-state index contributed by atoms with van der Waals surface area (Å²) in [6.07, 6.45) is 2.75. The van der Waals surface area contributed by atoms with Crippen LogP contribution < -0.4 is 0 Å². The Bertz CT molecular complexity index is 510. The third kappa shape index (κ3) is 4.16. The van der Waals surface area contributed by atoms with Crippen LogP contribution in [0.25, 0.3) is 6.08 Å². The molecule has 0 saturated carbocycles. The highest BCUT2D eigenvalue weighted by atomic mass is 16.6. The molecule has 21 heavy (non-hydrogen) atoms. The lowest BCUT2D eigenvalue weighted by Gasteiger charge is -2.44. The van der Waals surface area contributed by atoms with Gasteiger partial charge in [-0.3, -0.25) is 4.90 Å². The summed E-state index contributed by atoms with van der Waals surface area (Å²) in [7, 11) is 1.91. The molecule has 0 bridgehead atoms. The number of hydrogen-bond acceptors (Lipinski definition) is 4. The lowest BCUT2D eigenvalue weighted by atomic mass is 9.81. The zero-order chi connectivity index (χ0) is 15.5. The van der Waals surface area contributed by atoms with Crippen molar-refractivity contribution in [3.63, 3.8) is 0 Å². The van der Waals surface area contributed by atoms with Crippen molar-refractivity contribution in [1.82, 2.24) is 4.90 Å². The van der Waals surface area contributed by atoms with Crippen molar-refractivity contribution in [3.05, 3.63) is 42.0 Å². The van der Waals surface area contributed by atoms with Gasteiger partial charge >= 0.3 is 5.97 Å². The molecule has 0 radical (unpaired) electrons. The Morgan fingerprint density at radius 3 is 2.71 bits per heavy atom. The average molecular weight is 289 g/mol. The maximum absolute atomic E-state index is 11.9. The summed E-state index contributed by atoms with van der Waals surface area (Å²) in [5.41, 5.74) is 0.768. The van der Waals surface area contributed by atoms with Gasteiger partial charge < -0.3 is 9.84 Å². The second kappa shape index (κ2) is 6.41. The molecule has 1 saturated heterocycles. The number of piperidine rings is 1. The lowest BCUT2D eigenvalue weighted by Crippen LogP contribution is -2.53. The molecule has 0 amide bonds. The van der Waals surface area contributed by atoms with Gasteiger partial charge in [-0.2, -0.15) is 0 Å². The number of nitrogens with zero attached hydrogens (tertiary/aromatic N) is 1. The molecular weight excluding hydrogens is 266 g/mol. The van der Waals surface area contributed by atoms with Crippen molar-refractivity contribution >= 4 is 12.0 Å². The molecular formula is C17H23NO3. The Hall–Kier alpha value is -1.65. The number of carbonyl (C=O) groups excluding carboxylic acids is 1. The Balaban J connectivity index is 1.92. The van der Waals surface area contributed by atoms with Gasteiger partial charge in [-0.05, 0) is 18.7 Å². The fourth-order valence-electron chi connectivity index (χ4n) is 2.58. The Kier molecular flexibility index (Phi) is 4.80. The van der Waals surface area contributed by atoms with E-state index < -0.39 is 6.10 Å².